The summed E-state index contributed by atoms with van der Waals surface area (Å²) >= 11 is 0. The van der Waals surface area contributed by atoms with Crippen molar-refractivity contribution in [3.05, 3.63) is 75.8 Å². The molecule has 104 valence electrons. The van der Waals surface area contributed by atoms with E-state index < -0.39 is 17.1 Å². The summed E-state index contributed by atoms with van der Waals surface area (Å²) < 4.78 is 0. The molecule has 0 aliphatic carbocycles. The van der Waals surface area contributed by atoms with E-state index in [4.69, 9.17) is 0 Å². The highest BCUT2D eigenvalue weighted by Gasteiger charge is 2.22. The second-order valence-electron chi connectivity index (χ2n) is 4.49. The summed E-state index contributed by atoms with van der Waals surface area (Å²) in [5.41, 5.74) is 0.748. The minimum atomic E-state index is -1.09. The first-order valence-electron chi connectivity index (χ1n) is 6.24. The predicted octanol–water partition coefficient (Wildman–Crippen LogP) is 2.75. The van der Waals surface area contributed by atoms with Gasteiger partial charge in [-0.25, -0.2) is 0 Å². The van der Waals surface area contributed by atoms with Gasteiger partial charge in [-0.2, -0.15) is 0 Å². The van der Waals surface area contributed by atoms with Gasteiger partial charge in [-0.3, -0.25) is 10.1 Å². The Hall–Kier alpha value is -2.24. The van der Waals surface area contributed by atoms with Crippen molar-refractivity contribution in [2.75, 3.05) is 0 Å². The molecule has 0 heterocycles. The standard InChI is InChI=1S/C15H15NO4/c17-14(11-6-2-1-3-7-11)10-15(18)12-8-4-5-9-13(12)16(19)20/h1-9,14-15,17-18H,10H2. The van der Waals surface area contributed by atoms with Gasteiger partial charge in [-0.15, -0.1) is 0 Å². The Morgan fingerprint density at radius 3 is 2.20 bits per heavy atom. The number of aliphatic hydroxyl groups excluding tert-OH is 2. The maximum Gasteiger partial charge on any atom is 0.275 e. The first-order valence-corrected chi connectivity index (χ1v) is 6.24. The quantitative estimate of drug-likeness (QED) is 0.648. The molecule has 0 bridgehead atoms. The topological polar surface area (TPSA) is 83.6 Å². The molecular weight excluding hydrogens is 258 g/mol. The maximum atomic E-state index is 10.9. The average molecular weight is 273 g/mol. The van der Waals surface area contributed by atoms with Gasteiger partial charge in [0.05, 0.1) is 22.7 Å². The molecule has 2 aromatic carbocycles. The van der Waals surface area contributed by atoms with E-state index in [-0.39, 0.29) is 17.7 Å². The second kappa shape index (κ2) is 6.27. The third-order valence-electron chi connectivity index (χ3n) is 3.12. The molecule has 0 radical (unpaired) electrons. The van der Waals surface area contributed by atoms with Gasteiger partial charge in [0, 0.05) is 12.5 Å². The molecule has 0 aliphatic rings. The van der Waals surface area contributed by atoms with Crippen LogP contribution in [0, 0.1) is 10.1 Å². The van der Waals surface area contributed by atoms with Crippen molar-refractivity contribution < 1.29 is 15.1 Å². The molecule has 0 aromatic heterocycles. The van der Waals surface area contributed by atoms with Crippen LogP contribution in [-0.4, -0.2) is 15.1 Å². The summed E-state index contributed by atoms with van der Waals surface area (Å²) in [6, 6.07) is 14.9. The number of para-hydroxylation sites is 1. The zero-order valence-electron chi connectivity index (χ0n) is 10.7. The van der Waals surface area contributed by atoms with Crippen molar-refractivity contribution in [3.63, 3.8) is 0 Å². The van der Waals surface area contributed by atoms with Gasteiger partial charge in [0.15, 0.2) is 0 Å². The average Bonchev–Trinajstić information content (AvgIpc) is 2.48. The van der Waals surface area contributed by atoms with Crippen molar-refractivity contribution in [2.45, 2.75) is 18.6 Å². The summed E-state index contributed by atoms with van der Waals surface area (Å²) in [4.78, 5) is 10.4. The van der Waals surface area contributed by atoms with E-state index in [1.807, 2.05) is 6.07 Å². The van der Waals surface area contributed by atoms with Gasteiger partial charge in [0.1, 0.15) is 0 Å². The van der Waals surface area contributed by atoms with E-state index in [9.17, 15) is 20.3 Å². The summed E-state index contributed by atoms with van der Waals surface area (Å²) in [5.74, 6) is 0. The van der Waals surface area contributed by atoms with Crippen LogP contribution in [0.5, 0.6) is 0 Å². The zero-order valence-corrected chi connectivity index (χ0v) is 10.7. The van der Waals surface area contributed by atoms with Gasteiger partial charge in [-0.1, -0.05) is 42.5 Å². The van der Waals surface area contributed by atoms with Crippen LogP contribution in [-0.2, 0) is 0 Å². The number of nitro groups is 1. The molecule has 2 atom stereocenters. The van der Waals surface area contributed by atoms with Crippen LogP contribution in [0.15, 0.2) is 54.6 Å². The molecule has 0 aliphatic heterocycles. The highest BCUT2D eigenvalue weighted by molar-refractivity contribution is 5.41. The Bertz CT molecular complexity index is 585. The first kappa shape index (κ1) is 14.2. The fraction of sp³-hybridized carbons (Fsp3) is 0.200. The van der Waals surface area contributed by atoms with E-state index >= 15 is 0 Å². The normalized spacial score (nSPS) is 13.7. The Morgan fingerprint density at radius 1 is 0.950 bits per heavy atom. The number of nitro benzene ring substituents is 1. The summed E-state index contributed by atoms with van der Waals surface area (Å²) in [6.45, 7) is 0. The van der Waals surface area contributed by atoms with Gasteiger partial charge < -0.3 is 10.2 Å². The summed E-state index contributed by atoms with van der Waals surface area (Å²) in [5, 5.41) is 31.1. The van der Waals surface area contributed by atoms with E-state index in [0.717, 1.165) is 0 Å². The molecular formula is C15H15NO4. The SMILES string of the molecule is O=[N+]([O-])c1ccccc1C(O)CC(O)c1ccccc1. The lowest BCUT2D eigenvalue weighted by Crippen LogP contribution is -2.07. The van der Waals surface area contributed by atoms with Crippen molar-refractivity contribution in [1.82, 2.24) is 0 Å². The Kier molecular flexibility index (Phi) is 4.45. The van der Waals surface area contributed by atoms with Crippen molar-refractivity contribution >= 4 is 5.69 Å². The van der Waals surface area contributed by atoms with Crippen LogP contribution < -0.4 is 0 Å². The van der Waals surface area contributed by atoms with Crippen molar-refractivity contribution in [1.29, 1.82) is 0 Å². The number of nitrogens with zero attached hydrogens (tertiary/aromatic N) is 1. The molecule has 0 fully saturated rings. The molecule has 0 amide bonds. The van der Waals surface area contributed by atoms with Gasteiger partial charge in [0.25, 0.3) is 5.69 Å². The number of rotatable bonds is 5. The zero-order chi connectivity index (χ0) is 14.5. The molecule has 2 aromatic rings. The van der Waals surface area contributed by atoms with E-state index in [1.165, 1.54) is 12.1 Å². The highest BCUT2D eigenvalue weighted by Crippen LogP contribution is 2.31. The molecule has 20 heavy (non-hydrogen) atoms. The van der Waals surface area contributed by atoms with Crippen LogP contribution in [0.2, 0.25) is 0 Å². The van der Waals surface area contributed by atoms with Crippen LogP contribution >= 0.6 is 0 Å². The predicted molar refractivity (Wildman–Crippen MR) is 74.1 cm³/mol. The molecule has 5 heteroatoms. The molecule has 2 rings (SSSR count). The largest absolute Gasteiger partial charge is 0.388 e. The van der Waals surface area contributed by atoms with Gasteiger partial charge >= 0.3 is 0 Å². The summed E-state index contributed by atoms with van der Waals surface area (Å²) in [7, 11) is 0. The second-order valence-corrected chi connectivity index (χ2v) is 4.49. The van der Waals surface area contributed by atoms with E-state index in [2.05, 4.69) is 0 Å². The van der Waals surface area contributed by atoms with Crippen LogP contribution in [0.4, 0.5) is 5.69 Å². The Labute approximate surface area is 116 Å². The smallest absolute Gasteiger partial charge is 0.275 e. The minimum absolute atomic E-state index is 0.00880. The Balaban J connectivity index is 2.16. The maximum absolute atomic E-state index is 10.9. The molecule has 2 N–H and O–H groups in total. The minimum Gasteiger partial charge on any atom is -0.388 e. The third-order valence-corrected chi connectivity index (χ3v) is 3.12. The third kappa shape index (κ3) is 3.20. The van der Waals surface area contributed by atoms with Crippen LogP contribution in [0.25, 0.3) is 0 Å². The number of hydrogen-bond acceptors (Lipinski definition) is 4. The fourth-order valence-corrected chi connectivity index (χ4v) is 2.09. The number of aliphatic hydroxyl groups is 2. The molecule has 2 unspecified atom stereocenters. The van der Waals surface area contributed by atoms with E-state index in [1.54, 1.807) is 36.4 Å². The van der Waals surface area contributed by atoms with Crippen LogP contribution in [0.1, 0.15) is 29.8 Å². The molecule has 0 saturated carbocycles. The van der Waals surface area contributed by atoms with Crippen LogP contribution in [0.3, 0.4) is 0 Å². The summed E-state index contributed by atoms with van der Waals surface area (Å²) in [6.07, 6.45) is -1.95. The highest BCUT2D eigenvalue weighted by atomic mass is 16.6. The van der Waals surface area contributed by atoms with E-state index in [0.29, 0.717) is 5.56 Å². The first-order chi connectivity index (χ1) is 9.59. The lowest BCUT2D eigenvalue weighted by molar-refractivity contribution is -0.386. The Morgan fingerprint density at radius 2 is 1.55 bits per heavy atom. The lowest BCUT2D eigenvalue weighted by atomic mass is 9.98. The van der Waals surface area contributed by atoms with Gasteiger partial charge in [0.2, 0.25) is 0 Å². The number of hydrogen-bond donors (Lipinski definition) is 2. The van der Waals surface area contributed by atoms with Crippen molar-refractivity contribution in [2.24, 2.45) is 0 Å². The van der Waals surface area contributed by atoms with Gasteiger partial charge in [-0.05, 0) is 11.6 Å². The molecule has 0 saturated heterocycles. The fourth-order valence-electron chi connectivity index (χ4n) is 2.09. The molecule has 5 nitrogen and oxygen atoms in total. The van der Waals surface area contributed by atoms with Crippen molar-refractivity contribution in [3.8, 4) is 0 Å². The molecule has 0 spiro atoms. The lowest BCUT2D eigenvalue weighted by Gasteiger charge is -2.16. The number of benzene rings is 2. The monoisotopic (exact) mass is 273 g/mol.